The van der Waals surface area contributed by atoms with E-state index in [0.29, 0.717) is 11.5 Å². The summed E-state index contributed by atoms with van der Waals surface area (Å²) in [6, 6.07) is 11.7. The maximum Gasteiger partial charge on any atom is 0.253 e. The fourth-order valence-corrected chi connectivity index (χ4v) is 2.88. The molecular formula is C17H17ClN2O. The predicted molar refractivity (Wildman–Crippen MR) is 83.7 cm³/mol. The van der Waals surface area contributed by atoms with E-state index in [0.717, 1.165) is 23.6 Å². The highest BCUT2D eigenvalue weighted by Gasteiger charge is 2.33. The lowest BCUT2D eigenvalue weighted by atomic mass is 9.75. The third kappa shape index (κ3) is 2.93. The first-order valence-electron chi connectivity index (χ1n) is 7.13. The first-order valence-corrected chi connectivity index (χ1v) is 7.51. The van der Waals surface area contributed by atoms with Crippen LogP contribution >= 0.6 is 11.6 Å². The molecule has 1 aromatic carbocycles. The van der Waals surface area contributed by atoms with Gasteiger partial charge in [0.1, 0.15) is 0 Å². The molecule has 1 aliphatic carbocycles. The number of rotatable bonds is 3. The van der Waals surface area contributed by atoms with E-state index in [1.54, 1.807) is 12.3 Å². The monoisotopic (exact) mass is 300 g/mol. The molecule has 1 aliphatic rings. The minimum absolute atomic E-state index is 0.0377. The zero-order valence-corrected chi connectivity index (χ0v) is 12.6. The number of benzene rings is 1. The summed E-state index contributed by atoms with van der Waals surface area (Å²) in [5, 5.41) is 3.87. The molecule has 3 nitrogen and oxygen atoms in total. The van der Waals surface area contributed by atoms with Crippen LogP contribution in [0.2, 0.25) is 5.02 Å². The molecule has 0 unspecified atom stereocenters. The second-order valence-electron chi connectivity index (χ2n) is 5.45. The fourth-order valence-electron chi connectivity index (χ4n) is 2.75. The van der Waals surface area contributed by atoms with Crippen LogP contribution in [-0.2, 0) is 0 Å². The Balaban J connectivity index is 1.70. The van der Waals surface area contributed by atoms with Crippen molar-refractivity contribution in [3.8, 4) is 0 Å². The van der Waals surface area contributed by atoms with Crippen molar-refractivity contribution in [2.24, 2.45) is 0 Å². The van der Waals surface area contributed by atoms with E-state index in [-0.39, 0.29) is 11.9 Å². The average Bonchev–Trinajstić information content (AvgIpc) is 2.46. The molecule has 1 aromatic heterocycles. The van der Waals surface area contributed by atoms with Crippen LogP contribution in [0.5, 0.6) is 0 Å². The van der Waals surface area contributed by atoms with Crippen molar-refractivity contribution < 1.29 is 4.79 Å². The quantitative estimate of drug-likeness (QED) is 0.938. The molecule has 4 heteroatoms. The Morgan fingerprint density at radius 3 is 2.62 bits per heavy atom. The van der Waals surface area contributed by atoms with E-state index < -0.39 is 0 Å². The Hall–Kier alpha value is -1.87. The van der Waals surface area contributed by atoms with Crippen LogP contribution in [0, 0.1) is 6.92 Å². The molecule has 0 aliphatic heterocycles. The number of hydrogen-bond donors (Lipinski definition) is 1. The minimum atomic E-state index is -0.0377. The molecule has 3 rings (SSSR count). The number of aryl methyl sites for hydroxylation is 1. The zero-order valence-electron chi connectivity index (χ0n) is 11.8. The number of nitrogens with zero attached hydrogens (tertiary/aromatic N) is 1. The average molecular weight is 301 g/mol. The Morgan fingerprint density at radius 2 is 2.00 bits per heavy atom. The number of hydrogen-bond acceptors (Lipinski definition) is 2. The molecule has 0 bridgehead atoms. The Labute approximate surface area is 129 Å². The van der Waals surface area contributed by atoms with Gasteiger partial charge in [0.05, 0.1) is 5.56 Å². The van der Waals surface area contributed by atoms with Crippen LogP contribution in [-0.4, -0.2) is 16.9 Å². The van der Waals surface area contributed by atoms with Crippen molar-refractivity contribution in [1.29, 1.82) is 0 Å². The van der Waals surface area contributed by atoms with Crippen molar-refractivity contribution in [3.05, 3.63) is 64.4 Å². The third-order valence-electron chi connectivity index (χ3n) is 4.14. The highest BCUT2D eigenvalue weighted by Crippen LogP contribution is 2.37. The lowest BCUT2D eigenvalue weighted by molar-refractivity contribution is 0.0903. The minimum Gasteiger partial charge on any atom is -0.349 e. The molecule has 1 saturated carbocycles. The van der Waals surface area contributed by atoms with Crippen LogP contribution in [0.15, 0.2) is 42.6 Å². The number of carbonyl (C=O) groups excluding carboxylic acids is 1. The maximum atomic E-state index is 12.3. The van der Waals surface area contributed by atoms with Gasteiger partial charge in [0, 0.05) is 28.9 Å². The Morgan fingerprint density at radius 1 is 1.24 bits per heavy atom. The van der Waals surface area contributed by atoms with Gasteiger partial charge in [-0.1, -0.05) is 23.7 Å². The maximum absolute atomic E-state index is 12.3. The molecule has 0 spiro atoms. The molecule has 0 saturated heterocycles. The molecule has 2 atom stereocenters. The number of pyridine rings is 1. The van der Waals surface area contributed by atoms with Gasteiger partial charge in [0.25, 0.3) is 5.91 Å². The van der Waals surface area contributed by atoms with E-state index in [9.17, 15) is 4.79 Å². The van der Waals surface area contributed by atoms with Crippen LogP contribution in [0.4, 0.5) is 0 Å². The van der Waals surface area contributed by atoms with Gasteiger partial charge in [-0.05, 0) is 49.6 Å². The second-order valence-corrected chi connectivity index (χ2v) is 5.89. The first-order chi connectivity index (χ1) is 10.1. The summed E-state index contributed by atoms with van der Waals surface area (Å²) < 4.78 is 0. The number of aromatic nitrogens is 1. The summed E-state index contributed by atoms with van der Waals surface area (Å²) in [6.07, 6.45) is 3.81. The molecular weight excluding hydrogens is 284 g/mol. The molecule has 1 N–H and O–H groups in total. The third-order valence-corrected chi connectivity index (χ3v) is 4.39. The largest absolute Gasteiger partial charge is 0.349 e. The summed E-state index contributed by atoms with van der Waals surface area (Å²) in [7, 11) is 0. The lowest BCUT2D eigenvalue weighted by Gasteiger charge is -2.37. The molecule has 108 valence electrons. The summed E-state index contributed by atoms with van der Waals surface area (Å²) in [5.74, 6) is 0.340. The van der Waals surface area contributed by atoms with Crippen LogP contribution in [0.25, 0.3) is 0 Å². The number of nitrogens with one attached hydrogen (secondary N) is 1. The standard InChI is InChI=1S/C17H17ClN2O/c1-11-14(3-2-10-19-11)17(21)20-16-9-8-15(16)12-4-6-13(18)7-5-12/h2-7,10,15-16H,8-9H2,1H3,(H,20,21)/t15-,16-/m0/s1. The van der Waals surface area contributed by atoms with E-state index in [1.165, 1.54) is 5.56 Å². The van der Waals surface area contributed by atoms with Crippen LogP contribution < -0.4 is 5.32 Å². The SMILES string of the molecule is Cc1ncccc1C(=O)N[C@H]1CC[C@H]1c1ccc(Cl)cc1. The second kappa shape index (κ2) is 5.86. The predicted octanol–water partition coefficient (Wildman–Crippen LogP) is 3.72. The summed E-state index contributed by atoms with van der Waals surface area (Å²) in [6.45, 7) is 1.85. The highest BCUT2D eigenvalue weighted by molar-refractivity contribution is 6.30. The van der Waals surface area contributed by atoms with Gasteiger partial charge < -0.3 is 5.32 Å². The van der Waals surface area contributed by atoms with Gasteiger partial charge in [-0.3, -0.25) is 9.78 Å². The fraction of sp³-hybridized carbons (Fsp3) is 0.294. The first kappa shape index (κ1) is 14.1. The Bertz CT molecular complexity index is 654. The van der Waals surface area contributed by atoms with Gasteiger partial charge in [-0.2, -0.15) is 0 Å². The molecule has 1 heterocycles. The normalized spacial score (nSPS) is 20.7. The summed E-state index contributed by atoms with van der Waals surface area (Å²) >= 11 is 5.92. The lowest BCUT2D eigenvalue weighted by Crippen LogP contribution is -2.45. The summed E-state index contributed by atoms with van der Waals surface area (Å²) in [5.41, 5.74) is 2.65. The van der Waals surface area contributed by atoms with Crippen molar-refractivity contribution in [2.45, 2.75) is 31.7 Å². The van der Waals surface area contributed by atoms with Gasteiger partial charge >= 0.3 is 0 Å². The molecule has 0 radical (unpaired) electrons. The van der Waals surface area contributed by atoms with E-state index in [2.05, 4.69) is 10.3 Å². The van der Waals surface area contributed by atoms with Crippen LogP contribution in [0.3, 0.4) is 0 Å². The number of halogens is 1. The molecule has 21 heavy (non-hydrogen) atoms. The summed E-state index contributed by atoms with van der Waals surface area (Å²) in [4.78, 5) is 16.5. The van der Waals surface area contributed by atoms with Crippen molar-refractivity contribution in [3.63, 3.8) is 0 Å². The van der Waals surface area contributed by atoms with Crippen molar-refractivity contribution in [1.82, 2.24) is 10.3 Å². The van der Waals surface area contributed by atoms with Crippen molar-refractivity contribution >= 4 is 17.5 Å². The van der Waals surface area contributed by atoms with E-state index >= 15 is 0 Å². The topological polar surface area (TPSA) is 42.0 Å². The van der Waals surface area contributed by atoms with Gasteiger partial charge in [-0.15, -0.1) is 0 Å². The molecule has 2 aromatic rings. The van der Waals surface area contributed by atoms with E-state index in [4.69, 9.17) is 11.6 Å². The van der Waals surface area contributed by atoms with Gasteiger partial charge in [-0.25, -0.2) is 0 Å². The van der Waals surface area contributed by atoms with Crippen LogP contribution in [0.1, 0.15) is 40.4 Å². The van der Waals surface area contributed by atoms with Gasteiger partial charge in [0.15, 0.2) is 0 Å². The smallest absolute Gasteiger partial charge is 0.253 e. The van der Waals surface area contributed by atoms with E-state index in [1.807, 2.05) is 37.3 Å². The zero-order chi connectivity index (χ0) is 14.8. The Kier molecular flexibility index (Phi) is 3.93. The van der Waals surface area contributed by atoms with Crippen molar-refractivity contribution in [2.75, 3.05) is 0 Å². The number of amides is 1. The van der Waals surface area contributed by atoms with Gasteiger partial charge in [0.2, 0.25) is 0 Å². The molecule has 1 fully saturated rings. The highest BCUT2D eigenvalue weighted by atomic mass is 35.5. The molecule has 1 amide bonds. The number of carbonyl (C=O) groups is 1.